The fraction of sp³-hybridized carbons (Fsp3) is 0.556. The molecule has 4 heterocycles. The molecule has 2 aromatic heterocycles. The summed E-state index contributed by atoms with van der Waals surface area (Å²) in [5.41, 5.74) is 1.25. The standard InChI is InChI=1S/C18H24N6O/c25-18(15-3-4-17-20-13-21-24(17)12-15)22-16-5-8-23(9-6-16)11-14-2-1-7-19-10-14/h1-2,7,10,13,15-16H,3-6,8-9,11-12H2,(H,22,25). The largest absolute Gasteiger partial charge is 0.353 e. The van der Waals surface area contributed by atoms with Gasteiger partial charge < -0.3 is 5.32 Å². The van der Waals surface area contributed by atoms with Crippen LogP contribution in [0.1, 0.15) is 30.7 Å². The Morgan fingerprint density at radius 1 is 1.28 bits per heavy atom. The van der Waals surface area contributed by atoms with E-state index in [1.165, 1.54) is 5.56 Å². The van der Waals surface area contributed by atoms with Gasteiger partial charge in [-0.25, -0.2) is 9.67 Å². The maximum Gasteiger partial charge on any atom is 0.225 e. The van der Waals surface area contributed by atoms with Gasteiger partial charge in [-0.3, -0.25) is 14.7 Å². The minimum absolute atomic E-state index is 0.0163. The van der Waals surface area contributed by atoms with Gasteiger partial charge in [0.2, 0.25) is 5.91 Å². The SMILES string of the molecule is O=C(NC1CCN(Cc2cccnc2)CC1)C1CCc2ncnn2C1. The first kappa shape index (κ1) is 16.2. The number of nitrogens with zero attached hydrogens (tertiary/aromatic N) is 5. The number of likely N-dealkylation sites (tertiary alicyclic amines) is 1. The number of carbonyl (C=O) groups excluding carboxylic acids is 1. The van der Waals surface area contributed by atoms with Gasteiger partial charge in [-0.1, -0.05) is 6.07 Å². The lowest BCUT2D eigenvalue weighted by Crippen LogP contribution is -2.47. The molecule has 1 unspecified atom stereocenters. The van der Waals surface area contributed by atoms with E-state index < -0.39 is 0 Å². The van der Waals surface area contributed by atoms with Crippen LogP contribution in [0.2, 0.25) is 0 Å². The van der Waals surface area contributed by atoms with Gasteiger partial charge in [-0.05, 0) is 30.9 Å². The summed E-state index contributed by atoms with van der Waals surface area (Å²) in [6.45, 7) is 3.61. The van der Waals surface area contributed by atoms with Crippen molar-refractivity contribution in [1.29, 1.82) is 0 Å². The predicted molar refractivity (Wildman–Crippen MR) is 92.5 cm³/mol. The zero-order chi connectivity index (χ0) is 17.1. The third-order valence-corrected chi connectivity index (χ3v) is 5.24. The zero-order valence-corrected chi connectivity index (χ0v) is 14.3. The molecule has 1 fully saturated rings. The number of aromatic nitrogens is 4. The number of amides is 1. The molecule has 25 heavy (non-hydrogen) atoms. The summed E-state index contributed by atoms with van der Waals surface area (Å²) in [6, 6.07) is 4.38. The minimum Gasteiger partial charge on any atom is -0.353 e. The molecule has 0 radical (unpaired) electrons. The molecule has 1 amide bonds. The average Bonchev–Trinajstić information content (AvgIpc) is 3.12. The molecule has 2 aliphatic rings. The first-order valence-corrected chi connectivity index (χ1v) is 9.06. The van der Waals surface area contributed by atoms with Crippen LogP contribution in [0, 0.1) is 5.92 Å². The van der Waals surface area contributed by atoms with Crippen molar-refractivity contribution in [2.75, 3.05) is 13.1 Å². The monoisotopic (exact) mass is 340 g/mol. The molecule has 132 valence electrons. The van der Waals surface area contributed by atoms with Crippen molar-refractivity contribution in [3.63, 3.8) is 0 Å². The highest BCUT2D eigenvalue weighted by Crippen LogP contribution is 2.19. The van der Waals surface area contributed by atoms with Crippen LogP contribution in [0.5, 0.6) is 0 Å². The van der Waals surface area contributed by atoms with E-state index in [1.807, 2.05) is 16.9 Å². The van der Waals surface area contributed by atoms with Crippen LogP contribution >= 0.6 is 0 Å². The summed E-state index contributed by atoms with van der Waals surface area (Å²) in [5, 5.41) is 7.46. The van der Waals surface area contributed by atoms with E-state index in [9.17, 15) is 4.79 Å². The second-order valence-corrected chi connectivity index (χ2v) is 7.01. The molecule has 2 aromatic rings. The predicted octanol–water partition coefficient (Wildman–Crippen LogP) is 1.02. The Bertz CT molecular complexity index is 707. The molecule has 0 spiro atoms. The Morgan fingerprint density at radius 2 is 2.16 bits per heavy atom. The highest BCUT2D eigenvalue weighted by atomic mass is 16.2. The van der Waals surface area contributed by atoms with Crippen molar-refractivity contribution in [3.05, 3.63) is 42.2 Å². The first-order valence-electron chi connectivity index (χ1n) is 9.06. The number of pyridine rings is 1. The van der Waals surface area contributed by atoms with E-state index in [1.54, 1.807) is 12.5 Å². The van der Waals surface area contributed by atoms with Gasteiger partial charge in [-0.2, -0.15) is 5.10 Å². The van der Waals surface area contributed by atoms with Crippen LogP contribution < -0.4 is 5.32 Å². The maximum atomic E-state index is 12.6. The maximum absolute atomic E-state index is 12.6. The summed E-state index contributed by atoms with van der Waals surface area (Å²) >= 11 is 0. The van der Waals surface area contributed by atoms with Crippen molar-refractivity contribution in [3.8, 4) is 0 Å². The summed E-state index contributed by atoms with van der Waals surface area (Å²) in [4.78, 5) is 23.4. The third-order valence-electron chi connectivity index (χ3n) is 5.24. The van der Waals surface area contributed by atoms with Gasteiger partial charge in [0.1, 0.15) is 12.2 Å². The molecule has 7 nitrogen and oxygen atoms in total. The van der Waals surface area contributed by atoms with E-state index in [0.29, 0.717) is 6.54 Å². The Hall–Kier alpha value is -2.28. The normalized spacial score (nSPS) is 21.7. The molecule has 0 bridgehead atoms. The Labute approximate surface area is 147 Å². The lowest BCUT2D eigenvalue weighted by Gasteiger charge is -2.33. The van der Waals surface area contributed by atoms with Gasteiger partial charge in [0.25, 0.3) is 0 Å². The summed E-state index contributed by atoms with van der Waals surface area (Å²) in [7, 11) is 0. The van der Waals surface area contributed by atoms with E-state index in [4.69, 9.17) is 0 Å². The first-order chi connectivity index (χ1) is 12.3. The fourth-order valence-corrected chi connectivity index (χ4v) is 3.76. The van der Waals surface area contributed by atoms with E-state index in [-0.39, 0.29) is 17.9 Å². The van der Waals surface area contributed by atoms with Crippen LogP contribution in [0.4, 0.5) is 0 Å². The Balaban J connectivity index is 1.24. The molecule has 2 aliphatic heterocycles. The molecule has 7 heteroatoms. The highest BCUT2D eigenvalue weighted by Gasteiger charge is 2.28. The van der Waals surface area contributed by atoms with Crippen LogP contribution in [-0.2, 0) is 24.3 Å². The van der Waals surface area contributed by atoms with Crippen molar-refractivity contribution in [2.45, 2.75) is 44.8 Å². The summed E-state index contributed by atoms with van der Waals surface area (Å²) in [5.74, 6) is 1.18. The lowest BCUT2D eigenvalue weighted by molar-refractivity contribution is -0.127. The average molecular weight is 340 g/mol. The van der Waals surface area contributed by atoms with E-state index >= 15 is 0 Å². The van der Waals surface area contributed by atoms with Crippen LogP contribution in [0.15, 0.2) is 30.9 Å². The van der Waals surface area contributed by atoms with Crippen LogP contribution in [-0.4, -0.2) is 49.7 Å². The molecular weight excluding hydrogens is 316 g/mol. The molecule has 0 saturated carbocycles. The van der Waals surface area contributed by atoms with Gasteiger partial charge in [0, 0.05) is 44.5 Å². The van der Waals surface area contributed by atoms with Crippen molar-refractivity contribution < 1.29 is 4.79 Å². The zero-order valence-electron chi connectivity index (χ0n) is 14.3. The number of aryl methyl sites for hydroxylation is 1. The van der Waals surface area contributed by atoms with Gasteiger partial charge >= 0.3 is 0 Å². The summed E-state index contributed by atoms with van der Waals surface area (Å²) in [6.07, 6.45) is 9.02. The van der Waals surface area contributed by atoms with Crippen molar-refractivity contribution in [1.82, 2.24) is 30.0 Å². The number of hydrogen-bond donors (Lipinski definition) is 1. The molecule has 0 aromatic carbocycles. The Morgan fingerprint density at radius 3 is 2.96 bits per heavy atom. The number of carbonyl (C=O) groups is 1. The smallest absolute Gasteiger partial charge is 0.225 e. The van der Waals surface area contributed by atoms with Crippen LogP contribution in [0.25, 0.3) is 0 Å². The number of nitrogens with one attached hydrogen (secondary N) is 1. The van der Waals surface area contributed by atoms with Crippen LogP contribution in [0.3, 0.4) is 0 Å². The number of fused-ring (bicyclic) bond motifs is 1. The van der Waals surface area contributed by atoms with E-state index in [2.05, 4.69) is 31.3 Å². The molecule has 1 atom stereocenters. The molecule has 4 rings (SSSR count). The fourth-order valence-electron chi connectivity index (χ4n) is 3.76. The summed E-state index contributed by atoms with van der Waals surface area (Å²) < 4.78 is 1.87. The van der Waals surface area contributed by atoms with Crippen molar-refractivity contribution in [2.24, 2.45) is 5.92 Å². The number of piperidine rings is 1. The molecular formula is C18H24N6O. The quantitative estimate of drug-likeness (QED) is 0.899. The van der Waals surface area contributed by atoms with Gasteiger partial charge in [0.15, 0.2) is 0 Å². The number of rotatable bonds is 4. The topological polar surface area (TPSA) is 75.9 Å². The van der Waals surface area contributed by atoms with E-state index in [0.717, 1.165) is 51.1 Å². The molecule has 1 N–H and O–H groups in total. The third kappa shape index (κ3) is 3.87. The second kappa shape index (κ2) is 7.31. The molecule has 0 aliphatic carbocycles. The van der Waals surface area contributed by atoms with Crippen molar-refractivity contribution >= 4 is 5.91 Å². The Kier molecular flexibility index (Phi) is 4.74. The minimum atomic E-state index is 0.0163. The lowest BCUT2D eigenvalue weighted by atomic mass is 9.97. The number of hydrogen-bond acceptors (Lipinski definition) is 5. The molecule has 1 saturated heterocycles. The second-order valence-electron chi connectivity index (χ2n) is 7.01. The highest BCUT2D eigenvalue weighted by molar-refractivity contribution is 5.79. The van der Waals surface area contributed by atoms with Gasteiger partial charge in [-0.15, -0.1) is 0 Å². The van der Waals surface area contributed by atoms with Gasteiger partial charge in [0.05, 0.1) is 12.5 Å².